The molecular formula is C20H23F2N7OS. The molecule has 0 saturated carbocycles. The standard InChI is InChI=1S/C20H23F2N7OS/c1-10-20(31-15(26-10)8-25-9-16(30)29(2)3)14-6-4-5-13(27-14)11-7-12(21)18(23)19(28-24)17(11)22/h4-7,25,28H,8-9,23-24H2,1-3H3. The number of rotatable bonds is 7. The van der Waals surface area contributed by atoms with Gasteiger partial charge in [-0.25, -0.2) is 18.7 Å². The second kappa shape index (κ2) is 9.33. The predicted molar refractivity (Wildman–Crippen MR) is 118 cm³/mol. The van der Waals surface area contributed by atoms with Crippen LogP contribution in [-0.2, 0) is 11.3 Å². The van der Waals surface area contributed by atoms with E-state index in [-0.39, 0.29) is 29.4 Å². The number of nitrogen functional groups attached to an aromatic ring is 2. The zero-order valence-electron chi connectivity index (χ0n) is 17.3. The molecule has 11 heteroatoms. The van der Waals surface area contributed by atoms with Crippen molar-refractivity contribution in [3.63, 3.8) is 0 Å². The third-order valence-electron chi connectivity index (χ3n) is 4.55. The van der Waals surface area contributed by atoms with E-state index in [0.29, 0.717) is 12.2 Å². The molecule has 2 aromatic heterocycles. The highest BCUT2D eigenvalue weighted by Crippen LogP contribution is 2.35. The molecule has 1 amide bonds. The summed E-state index contributed by atoms with van der Waals surface area (Å²) in [7, 11) is 3.38. The number of likely N-dealkylation sites (N-methyl/N-ethyl adjacent to an activating group) is 1. The van der Waals surface area contributed by atoms with Gasteiger partial charge in [0.15, 0.2) is 5.82 Å². The number of nitrogens with two attached hydrogens (primary N) is 2. The largest absolute Gasteiger partial charge is 0.395 e. The maximum atomic E-state index is 14.8. The maximum absolute atomic E-state index is 14.8. The molecule has 0 saturated heterocycles. The van der Waals surface area contributed by atoms with Crippen LogP contribution in [0, 0.1) is 18.6 Å². The smallest absolute Gasteiger partial charge is 0.236 e. The van der Waals surface area contributed by atoms with Gasteiger partial charge in [0.1, 0.15) is 16.5 Å². The van der Waals surface area contributed by atoms with Crippen LogP contribution in [0.1, 0.15) is 10.7 Å². The number of aryl methyl sites for hydroxylation is 1. The Morgan fingerprint density at radius 2 is 1.94 bits per heavy atom. The van der Waals surface area contributed by atoms with E-state index in [0.717, 1.165) is 21.6 Å². The van der Waals surface area contributed by atoms with Gasteiger partial charge in [0, 0.05) is 26.2 Å². The highest BCUT2D eigenvalue weighted by Gasteiger charge is 2.19. The number of amides is 1. The number of pyridine rings is 1. The highest BCUT2D eigenvalue weighted by molar-refractivity contribution is 7.15. The Kier molecular flexibility index (Phi) is 6.78. The van der Waals surface area contributed by atoms with Crippen molar-refractivity contribution in [2.45, 2.75) is 13.5 Å². The number of hydrogen-bond acceptors (Lipinski definition) is 8. The summed E-state index contributed by atoms with van der Waals surface area (Å²) < 4.78 is 29.0. The summed E-state index contributed by atoms with van der Waals surface area (Å²) in [6.07, 6.45) is 0. The van der Waals surface area contributed by atoms with E-state index in [1.54, 1.807) is 32.3 Å². The molecule has 164 valence electrons. The van der Waals surface area contributed by atoms with Crippen molar-refractivity contribution in [3.8, 4) is 21.8 Å². The van der Waals surface area contributed by atoms with E-state index >= 15 is 0 Å². The van der Waals surface area contributed by atoms with Crippen molar-refractivity contribution >= 4 is 28.6 Å². The van der Waals surface area contributed by atoms with E-state index < -0.39 is 17.3 Å². The maximum Gasteiger partial charge on any atom is 0.236 e. The van der Waals surface area contributed by atoms with E-state index in [2.05, 4.69) is 20.7 Å². The lowest BCUT2D eigenvalue weighted by molar-refractivity contribution is -0.127. The van der Waals surface area contributed by atoms with E-state index in [1.807, 2.05) is 6.92 Å². The minimum atomic E-state index is -0.800. The molecule has 3 aromatic rings. The van der Waals surface area contributed by atoms with Crippen LogP contribution >= 0.6 is 11.3 Å². The average molecular weight is 448 g/mol. The Balaban J connectivity index is 1.89. The molecule has 6 N–H and O–H groups in total. The molecule has 0 aliphatic rings. The number of halogens is 2. The first-order valence-electron chi connectivity index (χ1n) is 9.32. The van der Waals surface area contributed by atoms with Crippen molar-refractivity contribution in [1.82, 2.24) is 20.2 Å². The van der Waals surface area contributed by atoms with Crippen molar-refractivity contribution in [1.29, 1.82) is 0 Å². The van der Waals surface area contributed by atoms with Gasteiger partial charge in [0.2, 0.25) is 5.91 Å². The van der Waals surface area contributed by atoms with Crippen molar-refractivity contribution in [3.05, 3.63) is 46.6 Å². The number of carbonyl (C=O) groups excluding carboxylic acids is 1. The Morgan fingerprint density at radius 1 is 1.23 bits per heavy atom. The summed E-state index contributed by atoms with van der Waals surface area (Å²) >= 11 is 1.41. The number of nitrogens with zero attached hydrogens (tertiary/aromatic N) is 3. The number of carbonyl (C=O) groups is 1. The molecule has 0 spiro atoms. The number of hydrogen-bond donors (Lipinski definition) is 4. The fraction of sp³-hybridized carbons (Fsp3) is 0.250. The zero-order valence-corrected chi connectivity index (χ0v) is 18.1. The first kappa shape index (κ1) is 22.5. The van der Waals surface area contributed by atoms with E-state index in [9.17, 15) is 13.6 Å². The van der Waals surface area contributed by atoms with E-state index in [4.69, 9.17) is 11.6 Å². The van der Waals surface area contributed by atoms with Crippen LogP contribution in [0.15, 0.2) is 24.3 Å². The van der Waals surface area contributed by atoms with Gasteiger partial charge in [-0.3, -0.25) is 10.6 Å². The first-order chi connectivity index (χ1) is 14.7. The Hall–Kier alpha value is -3.15. The van der Waals surface area contributed by atoms with Crippen molar-refractivity contribution in [2.75, 3.05) is 31.8 Å². The normalized spacial score (nSPS) is 10.9. The highest BCUT2D eigenvalue weighted by atomic mass is 32.1. The summed E-state index contributed by atoms with van der Waals surface area (Å²) in [6.45, 7) is 2.47. The molecule has 0 fully saturated rings. The topological polar surface area (TPSA) is 122 Å². The number of nitrogens with one attached hydrogen (secondary N) is 2. The molecule has 3 rings (SSSR count). The molecule has 0 bridgehead atoms. The van der Waals surface area contributed by atoms with Crippen LogP contribution in [0.25, 0.3) is 21.8 Å². The van der Waals surface area contributed by atoms with Crippen LogP contribution < -0.4 is 22.3 Å². The minimum absolute atomic E-state index is 0.0352. The number of aromatic nitrogens is 2. The number of benzene rings is 1. The second-order valence-corrected chi connectivity index (χ2v) is 8.06. The fourth-order valence-electron chi connectivity index (χ4n) is 2.88. The fourth-order valence-corrected chi connectivity index (χ4v) is 3.88. The molecule has 0 unspecified atom stereocenters. The van der Waals surface area contributed by atoms with Gasteiger partial charge in [-0.05, 0) is 25.1 Å². The van der Waals surface area contributed by atoms with Gasteiger partial charge in [-0.1, -0.05) is 6.07 Å². The molecule has 0 aliphatic carbocycles. The third-order valence-corrected chi connectivity index (χ3v) is 5.73. The Morgan fingerprint density at radius 3 is 2.61 bits per heavy atom. The SMILES string of the molecule is Cc1nc(CNCC(=O)N(C)C)sc1-c1cccc(-c2cc(F)c(N)c(NN)c2F)n1. The minimum Gasteiger partial charge on any atom is -0.395 e. The lowest BCUT2D eigenvalue weighted by Crippen LogP contribution is -2.32. The third kappa shape index (κ3) is 4.79. The molecule has 1 aromatic carbocycles. The quantitative estimate of drug-likeness (QED) is 0.249. The van der Waals surface area contributed by atoms with Gasteiger partial charge in [-0.15, -0.1) is 11.3 Å². The van der Waals surface area contributed by atoms with Crippen LogP contribution in [0.5, 0.6) is 0 Å². The van der Waals surface area contributed by atoms with Crippen LogP contribution in [0.4, 0.5) is 20.2 Å². The summed E-state index contributed by atoms with van der Waals surface area (Å²) in [6, 6.07) is 6.04. The summed E-state index contributed by atoms with van der Waals surface area (Å²) in [5.74, 6) is 3.67. The van der Waals surface area contributed by atoms with Crippen LogP contribution in [0.2, 0.25) is 0 Å². The molecule has 0 aliphatic heterocycles. The number of anilines is 2. The zero-order chi connectivity index (χ0) is 22.7. The molecule has 2 heterocycles. The second-order valence-electron chi connectivity index (χ2n) is 6.97. The summed E-state index contributed by atoms with van der Waals surface area (Å²) in [5, 5.41) is 3.84. The van der Waals surface area contributed by atoms with Gasteiger partial charge in [0.25, 0.3) is 0 Å². The van der Waals surface area contributed by atoms with E-state index in [1.165, 1.54) is 16.2 Å². The first-order valence-corrected chi connectivity index (χ1v) is 10.1. The number of thiazole rings is 1. The average Bonchev–Trinajstić information content (AvgIpc) is 3.11. The van der Waals surface area contributed by atoms with Crippen molar-refractivity contribution in [2.24, 2.45) is 5.84 Å². The van der Waals surface area contributed by atoms with Gasteiger partial charge in [-0.2, -0.15) is 0 Å². The van der Waals surface area contributed by atoms with Gasteiger partial charge >= 0.3 is 0 Å². The molecule has 0 atom stereocenters. The number of hydrazine groups is 1. The molecule has 8 nitrogen and oxygen atoms in total. The Bertz CT molecular complexity index is 1120. The van der Waals surface area contributed by atoms with Gasteiger partial charge in [0.05, 0.1) is 34.2 Å². The molecular weight excluding hydrogens is 424 g/mol. The summed E-state index contributed by atoms with van der Waals surface area (Å²) in [4.78, 5) is 23.0. The monoisotopic (exact) mass is 447 g/mol. The van der Waals surface area contributed by atoms with Crippen molar-refractivity contribution < 1.29 is 13.6 Å². The predicted octanol–water partition coefficient (Wildman–Crippen LogP) is 2.50. The molecule has 0 radical (unpaired) electrons. The van der Waals surface area contributed by atoms with Crippen LogP contribution in [-0.4, -0.2) is 41.4 Å². The Labute approximate surface area is 182 Å². The summed E-state index contributed by atoms with van der Waals surface area (Å²) in [5.41, 5.74) is 8.41. The molecule has 31 heavy (non-hydrogen) atoms. The lowest BCUT2D eigenvalue weighted by atomic mass is 10.1. The van der Waals surface area contributed by atoms with Crippen LogP contribution in [0.3, 0.4) is 0 Å². The lowest BCUT2D eigenvalue weighted by Gasteiger charge is -2.12. The van der Waals surface area contributed by atoms with Gasteiger partial charge < -0.3 is 21.4 Å².